The number of halogens is 1. The highest BCUT2D eigenvalue weighted by atomic mass is 32.1. The largest absolute Gasteiger partial charge is 0.347 e. The third-order valence-electron chi connectivity index (χ3n) is 4.61. The van der Waals surface area contributed by atoms with Crippen LogP contribution in [-0.4, -0.2) is 21.6 Å². The average molecular weight is 434 g/mol. The van der Waals surface area contributed by atoms with Gasteiger partial charge in [0.05, 0.1) is 15.6 Å². The van der Waals surface area contributed by atoms with Gasteiger partial charge >= 0.3 is 0 Å². The fourth-order valence-electron chi connectivity index (χ4n) is 3.03. The van der Waals surface area contributed by atoms with Gasteiger partial charge in [0.2, 0.25) is 0 Å². The lowest BCUT2D eigenvalue weighted by molar-refractivity contribution is 0.0953. The molecule has 0 spiro atoms. The fraction of sp³-hybridized carbons (Fsp3) is 0.0870. The highest BCUT2D eigenvalue weighted by Gasteiger charge is 2.16. The molecular formula is C23H19FN4O2S. The van der Waals surface area contributed by atoms with Crippen molar-refractivity contribution in [3.8, 4) is 5.69 Å². The minimum atomic E-state index is -0.479. The van der Waals surface area contributed by atoms with Crippen LogP contribution in [0.4, 0.5) is 9.39 Å². The molecule has 0 fully saturated rings. The van der Waals surface area contributed by atoms with Crippen molar-refractivity contribution in [2.24, 2.45) is 0 Å². The molecule has 0 unspecified atom stereocenters. The average Bonchev–Trinajstić information content (AvgIpc) is 3.42. The molecule has 31 heavy (non-hydrogen) atoms. The topological polar surface area (TPSA) is 76.0 Å². The van der Waals surface area contributed by atoms with Crippen molar-refractivity contribution in [3.05, 3.63) is 100 Å². The monoisotopic (exact) mass is 434 g/mol. The van der Waals surface area contributed by atoms with Crippen LogP contribution in [0.1, 0.15) is 31.2 Å². The predicted octanol–water partition coefficient (Wildman–Crippen LogP) is 4.56. The fourth-order valence-corrected chi connectivity index (χ4v) is 4.02. The summed E-state index contributed by atoms with van der Waals surface area (Å²) < 4.78 is 15.1. The molecule has 2 N–H and O–H groups in total. The molecule has 0 atom stereocenters. The highest BCUT2D eigenvalue weighted by Crippen LogP contribution is 2.27. The van der Waals surface area contributed by atoms with Gasteiger partial charge in [0.15, 0.2) is 0 Å². The molecule has 2 amide bonds. The first-order chi connectivity index (χ1) is 15.0. The lowest BCUT2D eigenvalue weighted by atomic mass is 10.2. The van der Waals surface area contributed by atoms with Gasteiger partial charge in [-0.3, -0.25) is 9.59 Å². The zero-order valence-electron chi connectivity index (χ0n) is 16.6. The van der Waals surface area contributed by atoms with Crippen LogP contribution in [0, 0.1) is 12.7 Å². The Balaban J connectivity index is 1.38. The van der Waals surface area contributed by atoms with E-state index in [0.29, 0.717) is 16.4 Å². The summed E-state index contributed by atoms with van der Waals surface area (Å²) in [6, 6.07) is 16.8. The first-order valence-electron chi connectivity index (χ1n) is 9.54. The van der Waals surface area contributed by atoms with E-state index in [0.717, 1.165) is 16.8 Å². The summed E-state index contributed by atoms with van der Waals surface area (Å²) in [7, 11) is 0. The maximum absolute atomic E-state index is 13.3. The molecule has 6 nitrogen and oxygen atoms in total. The number of rotatable bonds is 6. The van der Waals surface area contributed by atoms with E-state index in [1.54, 1.807) is 16.9 Å². The summed E-state index contributed by atoms with van der Waals surface area (Å²) in [5.74, 6) is -1.12. The van der Waals surface area contributed by atoms with E-state index >= 15 is 0 Å². The Hall–Kier alpha value is -3.78. The van der Waals surface area contributed by atoms with Crippen molar-refractivity contribution in [2.75, 3.05) is 5.32 Å². The van der Waals surface area contributed by atoms with Gasteiger partial charge in [0, 0.05) is 24.5 Å². The van der Waals surface area contributed by atoms with Crippen LogP contribution in [0.2, 0.25) is 0 Å². The molecule has 0 aliphatic heterocycles. The van der Waals surface area contributed by atoms with E-state index in [-0.39, 0.29) is 11.5 Å². The number of nitrogens with one attached hydrogen (secondary N) is 2. The number of thiophene rings is 1. The number of carbonyl (C=O) groups is 2. The van der Waals surface area contributed by atoms with Gasteiger partial charge in [-0.25, -0.2) is 9.07 Å². The third-order valence-corrected chi connectivity index (χ3v) is 5.76. The van der Waals surface area contributed by atoms with Crippen molar-refractivity contribution < 1.29 is 14.0 Å². The first-order valence-corrected chi connectivity index (χ1v) is 10.4. The van der Waals surface area contributed by atoms with Crippen molar-refractivity contribution in [1.82, 2.24) is 15.1 Å². The Bertz CT molecular complexity index is 1220. The zero-order valence-corrected chi connectivity index (χ0v) is 17.4. The SMILES string of the molecule is Cc1cc(NC(=O)c2cccc(F)c2)sc1C(=O)NCc1ccc(-n2cccn2)cc1. The van der Waals surface area contributed by atoms with Gasteiger partial charge in [-0.05, 0) is 60.5 Å². The Labute approximate surface area is 182 Å². The van der Waals surface area contributed by atoms with E-state index in [1.165, 1.54) is 35.6 Å². The molecule has 2 aromatic heterocycles. The summed E-state index contributed by atoms with van der Waals surface area (Å²) in [5.41, 5.74) is 2.87. The van der Waals surface area contributed by atoms with Crippen LogP contribution in [0.25, 0.3) is 5.69 Å². The summed E-state index contributed by atoms with van der Waals surface area (Å²) in [6.45, 7) is 2.18. The predicted molar refractivity (Wildman–Crippen MR) is 118 cm³/mol. The van der Waals surface area contributed by atoms with E-state index in [9.17, 15) is 14.0 Å². The number of hydrogen-bond acceptors (Lipinski definition) is 4. The number of aryl methyl sites for hydroxylation is 1. The standard InChI is InChI=1S/C23H19FN4O2S/c1-15-12-20(27-22(29)17-4-2-5-18(24)13-17)31-21(15)23(30)25-14-16-6-8-19(9-7-16)28-11-3-10-26-28/h2-13H,14H2,1H3,(H,25,30)(H,27,29). The summed E-state index contributed by atoms with van der Waals surface area (Å²) >= 11 is 1.18. The van der Waals surface area contributed by atoms with Gasteiger partial charge < -0.3 is 10.6 Å². The van der Waals surface area contributed by atoms with Crippen LogP contribution in [0.15, 0.2) is 73.1 Å². The molecule has 0 saturated heterocycles. The molecule has 156 valence electrons. The van der Waals surface area contributed by atoms with Crippen molar-refractivity contribution in [2.45, 2.75) is 13.5 Å². The number of carbonyl (C=O) groups excluding carboxylic acids is 2. The van der Waals surface area contributed by atoms with Crippen molar-refractivity contribution in [3.63, 3.8) is 0 Å². The molecular weight excluding hydrogens is 415 g/mol. The lowest BCUT2D eigenvalue weighted by Gasteiger charge is -2.06. The Morgan fingerprint density at radius 1 is 1.06 bits per heavy atom. The molecule has 0 saturated carbocycles. The van der Waals surface area contributed by atoms with Gasteiger partial charge in [-0.15, -0.1) is 11.3 Å². The molecule has 2 heterocycles. The Morgan fingerprint density at radius 2 is 1.87 bits per heavy atom. The van der Waals surface area contributed by atoms with Crippen LogP contribution in [0.5, 0.6) is 0 Å². The molecule has 0 aliphatic rings. The second-order valence-corrected chi connectivity index (χ2v) is 7.94. The number of hydrogen-bond donors (Lipinski definition) is 2. The van der Waals surface area contributed by atoms with Gasteiger partial charge in [0.25, 0.3) is 11.8 Å². The Morgan fingerprint density at radius 3 is 2.58 bits per heavy atom. The van der Waals surface area contributed by atoms with E-state index in [4.69, 9.17) is 0 Å². The molecule has 2 aromatic carbocycles. The van der Waals surface area contributed by atoms with Crippen LogP contribution in [-0.2, 0) is 6.54 Å². The summed E-state index contributed by atoms with van der Waals surface area (Å²) in [5, 5.41) is 10.3. The summed E-state index contributed by atoms with van der Waals surface area (Å²) in [4.78, 5) is 25.4. The molecule has 0 aliphatic carbocycles. The third kappa shape index (κ3) is 4.87. The normalized spacial score (nSPS) is 10.6. The number of aromatic nitrogens is 2. The number of benzene rings is 2. The molecule has 8 heteroatoms. The second kappa shape index (κ2) is 8.93. The van der Waals surface area contributed by atoms with E-state index in [2.05, 4.69) is 15.7 Å². The smallest absolute Gasteiger partial charge is 0.261 e. The highest BCUT2D eigenvalue weighted by molar-refractivity contribution is 7.18. The Kier molecular flexibility index (Phi) is 5.90. The van der Waals surface area contributed by atoms with Crippen LogP contribution in [0.3, 0.4) is 0 Å². The molecule has 0 radical (unpaired) electrons. The zero-order chi connectivity index (χ0) is 21.8. The van der Waals surface area contributed by atoms with Gasteiger partial charge in [-0.1, -0.05) is 18.2 Å². The number of amides is 2. The summed E-state index contributed by atoms with van der Waals surface area (Å²) in [6.07, 6.45) is 3.58. The quantitative estimate of drug-likeness (QED) is 0.467. The maximum atomic E-state index is 13.3. The molecule has 0 bridgehead atoms. The van der Waals surface area contributed by atoms with E-state index in [1.807, 2.05) is 43.5 Å². The van der Waals surface area contributed by atoms with Crippen LogP contribution >= 0.6 is 11.3 Å². The minimum Gasteiger partial charge on any atom is -0.347 e. The van der Waals surface area contributed by atoms with E-state index < -0.39 is 11.7 Å². The lowest BCUT2D eigenvalue weighted by Crippen LogP contribution is -2.22. The maximum Gasteiger partial charge on any atom is 0.261 e. The van der Waals surface area contributed by atoms with Crippen LogP contribution < -0.4 is 10.6 Å². The number of anilines is 1. The molecule has 4 aromatic rings. The minimum absolute atomic E-state index is 0.218. The van der Waals surface area contributed by atoms with Gasteiger partial charge in [0.1, 0.15) is 5.82 Å². The molecule has 4 rings (SSSR count). The van der Waals surface area contributed by atoms with Gasteiger partial charge in [-0.2, -0.15) is 5.10 Å². The first kappa shape index (κ1) is 20.5. The van der Waals surface area contributed by atoms with Crippen molar-refractivity contribution >= 4 is 28.2 Å². The van der Waals surface area contributed by atoms with Crippen molar-refractivity contribution in [1.29, 1.82) is 0 Å². The second-order valence-electron chi connectivity index (χ2n) is 6.89. The number of nitrogens with zero attached hydrogens (tertiary/aromatic N) is 2.